The Labute approximate surface area is 140 Å². The van der Waals surface area contributed by atoms with E-state index in [1.807, 2.05) is 0 Å². The molecule has 0 spiro atoms. The highest BCUT2D eigenvalue weighted by Gasteiger charge is 2.37. The molecule has 0 fully saturated rings. The minimum absolute atomic E-state index is 0.118. The van der Waals surface area contributed by atoms with Crippen LogP contribution >= 0.6 is 0 Å². The lowest BCUT2D eigenvalue weighted by Crippen LogP contribution is -2.39. The van der Waals surface area contributed by atoms with Gasteiger partial charge in [-0.2, -0.15) is 0 Å². The van der Waals surface area contributed by atoms with Crippen LogP contribution in [0.5, 0.6) is 5.75 Å². The molecule has 0 aliphatic carbocycles. The summed E-state index contributed by atoms with van der Waals surface area (Å²) in [5.41, 5.74) is 5.15. The van der Waals surface area contributed by atoms with Crippen LogP contribution in [-0.4, -0.2) is 29.3 Å². The van der Waals surface area contributed by atoms with E-state index >= 15 is 0 Å². The van der Waals surface area contributed by atoms with Crippen molar-refractivity contribution < 1.29 is 28.6 Å². The van der Waals surface area contributed by atoms with Gasteiger partial charge >= 0.3 is 11.9 Å². The fraction of sp³-hybridized carbons (Fsp3) is 0.412. The standard InChI is InChI=1S/C17H22FNO5/c1-5-6-23-12-8-10(7-11(18)9-12)14(19)13(15(20)21)16(22)24-17(2,3)4/h5,7-9,13-14H,1,6,19H2,2-4H3,(H,20,21). The van der Waals surface area contributed by atoms with Gasteiger partial charge in [0.2, 0.25) is 0 Å². The Balaban J connectivity index is 3.13. The fourth-order valence-electron chi connectivity index (χ4n) is 1.97. The molecular weight excluding hydrogens is 317 g/mol. The van der Waals surface area contributed by atoms with Gasteiger partial charge in [-0.15, -0.1) is 0 Å². The molecule has 1 aromatic rings. The van der Waals surface area contributed by atoms with Gasteiger partial charge in [-0.3, -0.25) is 9.59 Å². The van der Waals surface area contributed by atoms with Gasteiger partial charge in [0.1, 0.15) is 23.8 Å². The topological polar surface area (TPSA) is 98.9 Å². The van der Waals surface area contributed by atoms with Crippen LogP contribution in [0.4, 0.5) is 4.39 Å². The molecule has 0 amide bonds. The van der Waals surface area contributed by atoms with Crippen LogP contribution in [0.1, 0.15) is 32.4 Å². The van der Waals surface area contributed by atoms with Crippen molar-refractivity contribution in [3.05, 3.63) is 42.2 Å². The lowest BCUT2D eigenvalue weighted by molar-refractivity contribution is -0.167. The summed E-state index contributed by atoms with van der Waals surface area (Å²) in [5, 5.41) is 9.33. The summed E-state index contributed by atoms with van der Waals surface area (Å²) >= 11 is 0. The predicted molar refractivity (Wildman–Crippen MR) is 86.0 cm³/mol. The average molecular weight is 339 g/mol. The molecule has 0 aliphatic heterocycles. The number of rotatable bonds is 7. The quantitative estimate of drug-likeness (QED) is 0.450. The van der Waals surface area contributed by atoms with E-state index in [1.165, 1.54) is 12.1 Å². The SMILES string of the molecule is C=CCOc1cc(F)cc(C(N)C(C(=O)O)C(=O)OC(C)(C)C)c1. The summed E-state index contributed by atoms with van der Waals surface area (Å²) < 4.78 is 24.0. The molecule has 0 radical (unpaired) electrons. The molecule has 3 N–H and O–H groups in total. The Morgan fingerprint density at radius 2 is 2.00 bits per heavy atom. The molecule has 0 heterocycles. The first-order valence-electron chi connectivity index (χ1n) is 7.30. The monoisotopic (exact) mass is 339 g/mol. The maximum atomic E-state index is 13.7. The normalized spacial score (nSPS) is 13.7. The van der Waals surface area contributed by atoms with E-state index in [4.69, 9.17) is 15.2 Å². The van der Waals surface area contributed by atoms with E-state index in [9.17, 15) is 19.1 Å². The third-order valence-corrected chi connectivity index (χ3v) is 2.93. The summed E-state index contributed by atoms with van der Waals surface area (Å²) in [5.74, 6) is -4.60. The van der Waals surface area contributed by atoms with E-state index in [-0.39, 0.29) is 17.9 Å². The van der Waals surface area contributed by atoms with Crippen molar-refractivity contribution >= 4 is 11.9 Å². The van der Waals surface area contributed by atoms with Gasteiger partial charge in [0.25, 0.3) is 0 Å². The molecule has 1 aromatic carbocycles. The van der Waals surface area contributed by atoms with Crippen molar-refractivity contribution in [3.8, 4) is 5.75 Å². The van der Waals surface area contributed by atoms with Crippen LogP contribution in [0.15, 0.2) is 30.9 Å². The number of carboxylic acids is 1. The number of carboxylic acid groups (broad SMARTS) is 1. The summed E-state index contributed by atoms with van der Waals surface area (Å²) in [7, 11) is 0. The summed E-state index contributed by atoms with van der Waals surface area (Å²) in [6.45, 7) is 8.46. The number of hydrogen-bond donors (Lipinski definition) is 2. The van der Waals surface area contributed by atoms with Crippen LogP contribution in [-0.2, 0) is 14.3 Å². The van der Waals surface area contributed by atoms with Crippen molar-refractivity contribution in [1.29, 1.82) is 0 Å². The zero-order valence-electron chi connectivity index (χ0n) is 13.9. The van der Waals surface area contributed by atoms with Crippen LogP contribution < -0.4 is 10.5 Å². The Bertz CT molecular complexity index is 624. The van der Waals surface area contributed by atoms with Gasteiger partial charge in [-0.05, 0) is 38.5 Å². The predicted octanol–water partition coefficient (Wildman–Crippen LogP) is 2.43. The molecule has 1 rings (SSSR count). The van der Waals surface area contributed by atoms with Gasteiger partial charge in [0, 0.05) is 6.07 Å². The van der Waals surface area contributed by atoms with Gasteiger partial charge in [0.15, 0.2) is 5.92 Å². The van der Waals surface area contributed by atoms with Crippen LogP contribution in [0.2, 0.25) is 0 Å². The number of halogens is 1. The second kappa shape index (κ2) is 7.92. The van der Waals surface area contributed by atoms with Crippen molar-refractivity contribution in [2.24, 2.45) is 11.7 Å². The van der Waals surface area contributed by atoms with Gasteiger partial charge in [-0.1, -0.05) is 12.7 Å². The van der Waals surface area contributed by atoms with Gasteiger partial charge in [0.05, 0.1) is 6.04 Å². The van der Waals surface area contributed by atoms with E-state index in [1.54, 1.807) is 20.8 Å². The summed E-state index contributed by atoms with van der Waals surface area (Å²) in [6, 6.07) is 2.28. The summed E-state index contributed by atoms with van der Waals surface area (Å²) in [6.07, 6.45) is 1.48. The fourth-order valence-corrected chi connectivity index (χ4v) is 1.97. The van der Waals surface area contributed by atoms with E-state index < -0.39 is 35.3 Å². The van der Waals surface area contributed by atoms with Crippen LogP contribution in [0.25, 0.3) is 0 Å². The van der Waals surface area contributed by atoms with Crippen LogP contribution in [0, 0.1) is 11.7 Å². The third kappa shape index (κ3) is 5.66. The van der Waals surface area contributed by atoms with Gasteiger partial charge < -0.3 is 20.3 Å². The molecule has 0 saturated carbocycles. The van der Waals surface area contributed by atoms with E-state index in [0.717, 1.165) is 12.1 Å². The maximum absolute atomic E-state index is 13.7. The molecule has 2 atom stereocenters. The number of carbonyl (C=O) groups excluding carboxylic acids is 1. The number of ether oxygens (including phenoxy) is 2. The largest absolute Gasteiger partial charge is 0.489 e. The Morgan fingerprint density at radius 3 is 2.50 bits per heavy atom. The first kappa shape index (κ1) is 19.6. The van der Waals surface area contributed by atoms with E-state index in [2.05, 4.69) is 6.58 Å². The average Bonchev–Trinajstić information content (AvgIpc) is 2.42. The highest BCUT2D eigenvalue weighted by Crippen LogP contribution is 2.27. The van der Waals surface area contributed by atoms with Gasteiger partial charge in [-0.25, -0.2) is 4.39 Å². The number of benzene rings is 1. The van der Waals surface area contributed by atoms with Crippen molar-refractivity contribution in [2.75, 3.05) is 6.61 Å². The minimum Gasteiger partial charge on any atom is -0.489 e. The van der Waals surface area contributed by atoms with Crippen molar-refractivity contribution in [3.63, 3.8) is 0 Å². The molecule has 7 heteroatoms. The second-order valence-electron chi connectivity index (χ2n) is 6.20. The smallest absolute Gasteiger partial charge is 0.322 e. The first-order valence-corrected chi connectivity index (χ1v) is 7.30. The Kier molecular flexibility index (Phi) is 6.48. The summed E-state index contributed by atoms with van der Waals surface area (Å²) in [4.78, 5) is 23.6. The Morgan fingerprint density at radius 1 is 1.38 bits per heavy atom. The number of hydrogen-bond acceptors (Lipinski definition) is 5. The number of esters is 1. The molecule has 0 bridgehead atoms. The zero-order chi connectivity index (χ0) is 18.5. The molecule has 0 aromatic heterocycles. The van der Waals surface area contributed by atoms with Crippen molar-refractivity contribution in [1.82, 2.24) is 0 Å². The number of nitrogens with two attached hydrogens (primary N) is 1. The Hall–Kier alpha value is -2.41. The minimum atomic E-state index is -1.67. The molecule has 2 unspecified atom stereocenters. The molecule has 24 heavy (non-hydrogen) atoms. The van der Waals surface area contributed by atoms with Crippen LogP contribution in [0.3, 0.4) is 0 Å². The van der Waals surface area contributed by atoms with Crippen molar-refractivity contribution in [2.45, 2.75) is 32.4 Å². The molecule has 132 valence electrons. The molecule has 0 saturated heterocycles. The number of carbonyl (C=O) groups is 2. The highest BCUT2D eigenvalue weighted by atomic mass is 19.1. The lowest BCUT2D eigenvalue weighted by atomic mass is 9.93. The maximum Gasteiger partial charge on any atom is 0.322 e. The molecule has 6 nitrogen and oxygen atoms in total. The number of aliphatic carboxylic acids is 1. The second-order valence-corrected chi connectivity index (χ2v) is 6.20. The van der Waals surface area contributed by atoms with E-state index in [0.29, 0.717) is 0 Å². The highest BCUT2D eigenvalue weighted by molar-refractivity contribution is 5.95. The zero-order valence-corrected chi connectivity index (χ0v) is 13.9. The third-order valence-electron chi connectivity index (χ3n) is 2.93. The molecular formula is C17H22FNO5. The molecule has 0 aliphatic rings. The lowest BCUT2D eigenvalue weighted by Gasteiger charge is -2.25. The first-order chi connectivity index (χ1) is 11.0.